The Labute approximate surface area is 157 Å². The third-order valence-corrected chi connectivity index (χ3v) is 5.91. The molecule has 0 N–H and O–H groups in total. The van der Waals surface area contributed by atoms with E-state index in [-0.39, 0.29) is 0 Å². The van der Waals surface area contributed by atoms with Gasteiger partial charge in [-0.1, -0.05) is 35.0 Å². The molecular weight excluding hydrogens is 346 g/mol. The van der Waals surface area contributed by atoms with Gasteiger partial charge >= 0.3 is 0 Å². The molecule has 3 fully saturated rings. The van der Waals surface area contributed by atoms with Crippen LogP contribution in [0.3, 0.4) is 0 Å². The largest absolute Gasteiger partial charge is 0.301 e. The highest BCUT2D eigenvalue weighted by atomic mass is 35.5. The third kappa shape index (κ3) is 2.91. The van der Waals surface area contributed by atoms with Crippen LogP contribution in [0.5, 0.6) is 0 Å². The second-order valence-corrected chi connectivity index (χ2v) is 7.63. The van der Waals surface area contributed by atoms with Crippen LogP contribution in [0.4, 0.5) is 0 Å². The number of aromatic nitrogens is 4. The number of fused-ring (bicyclic) bond motifs is 3. The molecule has 0 spiro atoms. The van der Waals surface area contributed by atoms with Gasteiger partial charge in [0.1, 0.15) is 10.8 Å². The zero-order valence-corrected chi connectivity index (χ0v) is 15.2. The lowest BCUT2D eigenvalue weighted by Gasteiger charge is -2.44. The summed E-state index contributed by atoms with van der Waals surface area (Å²) in [5.41, 5.74) is 4.14. The van der Waals surface area contributed by atoms with E-state index in [1.54, 1.807) is 6.20 Å². The molecule has 6 heteroatoms. The van der Waals surface area contributed by atoms with E-state index in [1.807, 2.05) is 18.2 Å². The van der Waals surface area contributed by atoms with Gasteiger partial charge in [-0.25, -0.2) is 9.67 Å². The van der Waals surface area contributed by atoms with Gasteiger partial charge in [0.2, 0.25) is 0 Å². The maximum absolute atomic E-state index is 5.89. The van der Waals surface area contributed by atoms with Gasteiger partial charge in [0, 0.05) is 23.9 Å². The molecule has 0 radical (unpaired) electrons. The van der Waals surface area contributed by atoms with Crippen LogP contribution in [0.15, 0.2) is 48.8 Å². The first kappa shape index (κ1) is 16.0. The fraction of sp³-hybridized carbons (Fsp3) is 0.350. The van der Waals surface area contributed by atoms with Gasteiger partial charge in [0.15, 0.2) is 0 Å². The summed E-state index contributed by atoms with van der Waals surface area (Å²) in [6, 6.07) is 12.6. The molecule has 5 heterocycles. The fourth-order valence-corrected chi connectivity index (χ4v) is 4.32. The Morgan fingerprint density at radius 2 is 1.85 bits per heavy atom. The lowest BCUT2D eigenvalue weighted by Crippen LogP contribution is -2.48. The molecule has 0 amide bonds. The zero-order chi connectivity index (χ0) is 17.5. The first-order chi connectivity index (χ1) is 12.8. The van der Waals surface area contributed by atoms with Crippen molar-refractivity contribution in [2.24, 2.45) is 5.92 Å². The second kappa shape index (κ2) is 6.49. The number of halogens is 1. The third-order valence-electron chi connectivity index (χ3n) is 5.69. The number of hydrogen-bond donors (Lipinski definition) is 0. The minimum absolute atomic E-state index is 0.461. The van der Waals surface area contributed by atoms with Crippen molar-refractivity contribution in [3.8, 4) is 22.4 Å². The van der Waals surface area contributed by atoms with Crippen LogP contribution in [-0.4, -0.2) is 44.5 Å². The summed E-state index contributed by atoms with van der Waals surface area (Å²) in [6.45, 7) is 3.57. The lowest BCUT2D eigenvalue weighted by molar-refractivity contribution is 0.0504. The number of piperidine rings is 3. The van der Waals surface area contributed by atoms with Crippen LogP contribution in [0, 0.1) is 5.92 Å². The molecule has 2 aromatic heterocycles. The van der Waals surface area contributed by atoms with E-state index in [9.17, 15) is 0 Å². The Kier molecular flexibility index (Phi) is 3.98. The fourth-order valence-electron chi connectivity index (χ4n) is 4.21. The summed E-state index contributed by atoms with van der Waals surface area (Å²) in [7, 11) is 0. The highest BCUT2D eigenvalue weighted by molar-refractivity contribution is 6.29. The van der Waals surface area contributed by atoms with Gasteiger partial charge in [0.05, 0.1) is 12.2 Å². The minimum atomic E-state index is 0.461. The molecule has 132 valence electrons. The molecule has 2 bridgehead atoms. The monoisotopic (exact) mass is 365 g/mol. The average Bonchev–Trinajstić information content (AvgIpc) is 3.20. The molecule has 0 saturated carbocycles. The summed E-state index contributed by atoms with van der Waals surface area (Å²) < 4.78 is 2.09. The number of rotatable bonds is 3. The molecule has 6 rings (SSSR count). The summed E-state index contributed by atoms with van der Waals surface area (Å²) in [4.78, 5) is 6.72. The van der Waals surface area contributed by atoms with Gasteiger partial charge in [-0.3, -0.25) is 0 Å². The van der Waals surface area contributed by atoms with E-state index in [4.69, 9.17) is 11.6 Å². The topological polar surface area (TPSA) is 46.8 Å². The summed E-state index contributed by atoms with van der Waals surface area (Å²) in [5.74, 6) is 0.737. The maximum atomic E-state index is 5.89. The summed E-state index contributed by atoms with van der Waals surface area (Å²) >= 11 is 5.89. The van der Waals surface area contributed by atoms with Crippen molar-refractivity contribution >= 4 is 11.6 Å². The van der Waals surface area contributed by atoms with E-state index in [1.165, 1.54) is 25.9 Å². The summed E-state index contributed by atoms with van der Waals surface area (Å²) in [6.07, 6.45) is 6.45. The van der Waals surface area contributed by atoms with Gasteiger partial charge in [-0.2, -0.15) is 0 Å². The van der Waals surface area contributed by atoms with Crippen molar-refractivity contribution in [3.05, 3.63) is 53.9 Å². The molecular formula is C20H20ClN5. The predicted octanol–water partition coefficient (Wildman–Crippen LogP) is 3.93. The quantitative estimate of drug-likeness (QED) is 0.660. The van der Waals surface area contributed by atoms with Crippen LogP contribution in [0.25, 0.3) is 22.4 Å². The average molecular weight is 366 g/mol. The second-order valence-electron chi connectivity index (χ2n) is 7.24. The van der Waals surface area contributed by atoms with Crippen molar-refractivity contribution in [1.82, 2.24) is 24.9 Å². The Morgan fingerprint density at radius 3 is 2.58 bits per heavy atom. The highest BCUT2D eigenvalue weighted by Crippen LogP contribution is 2.35. The highest BCUT2D eigenvalue weighted by Gasteiger charge is 2.35. The van der Waals surface area contributed by atoms with Crippen LogP contribution in [-0.2, 0) is 0 Å². The lowest BCUT2D eigenvalue weighted by atomic mass is 9.84. The molecule has 26 heavy (non-hydrogen) atoms. The number of benzene rings is 1. The van der Waals surface area contributed by atoms with Crippen molar-refractivity contribution in [1.29, 1.82) is 0 Å². The smallest absolute Gasteiger partial charge is 0.129 e. The van der Waals surface area contributed by atoms with E-state index < -0.39 is 0 Å². The van der Waals surface area contributed by atoms with Crippen molar-refractivity contribution in [2.45, 2.75) is 18.9 Å². The predicted molar refractivity (Wildman–Crippen MR) is 102 cm³/mol. The van der Waals surface area contributed by atoms with Crippen molar-refractivity contribution in [2.75, 3.05) is 19.6 Å². The molecule has 3 aliphatic rings. The Bertz CT molecular complexity index is 912. The molecule has 1 unspecified atom stereocenters. The minimum Gasteiger partial charge on any atom is -0.301 e. The molecule has 1 atom stereocenters. The van der Waals surface area contributed by atoms with Gasteiger partial charge in [-0.15, -0.1) is 5.10 Å². The molecule has 0 aliphatic carbocycles. The molecule has 3 aliphatic heterocycles. The van der Waals surface area contributed by atoms with Gasteiger partial charge in [0.25, 0.3) is 0 Å². The Hall–Kier alpha value is -2.24. The van der Waals surface area contributed by atoms with E-state index >= 15 is 0 Å². The van der Waals surface area contributed by atoms with E-state index in [0.717, 1.165) is 34.8 Å². The molecule has 1 aromatic carbocycles. The van der Waals surface area contributed by atoms with E-state index in [0.29, 0.717) is 11.2 Å². The Morgan fingerprint density at radius 1 is 1.00 bits per heavy atom. The van der Waals surface area contributed by atoms with Crippen LogP contribution >= 0.6 is 11.6 Å². The molecule has 3 saturated heterocycles. The standard InChI is InChI=1S/C20H20ClN5/c21-20-5-4-17(11-22-20)15-2-1-3-16(10-15)18-12-26(24-23-18)19-13-25-8-6-14(19)7-9-25/h1-5,10-12,14,19H,6-9,13H2. The first-order valence-corrected chi connectivity index (χ1v) is 9.50. The SMILES string of the molecule is Clc1ccc(-c2cccc(-c3cn(C4CN5CCC4CC5)nn3)c2)cn1. The van der Waals surface area contributed by atoms with Gasteiger partial charge in [-0.05, 0) is 55.6 Å². The van der Waals surface area contributed by atoms with E-state index in [2.05, 4.69) is 49.3 Å². The number of pyridine rings is 1. The maximum Gasteiger partial charge on any atom is 0.129 e. The van der Waals surface area contributed by atoms with Crippen LogP contribution < -0.4 is 0 Å². The van der Waals surface area contributed by atoms with Crippen LogP contribution in [0.2, 0.25) is 5.15 Å². The molecule has 5 nitrogen and oxygen atoms in total. The Balaban J connectivity index is 1.43. The normalized spacial score (nSPS) is 24.7. The number of hydrogen-bond acceptors (Lipinski definition) is 4. The molecule has 3 aromatic rings. The van der Waals surface area contributed by atoms with Crippen LogP contribution in [0.1, 0.15) is 18.9 Å². The zero-order valence-electron chi connectivity index (χ0n) is 14.4. The first-order valence-electron chi connectivity index (χ1n) is 9.13. The van der Waals surface area contributed by atoms with Crippen molar-refractivity contribution in [3.63, 3.8) is 0 Å². The van der Waals surface area contributed by atoms with Gasteiger partial charge < -0.3 is 4.90 Å². The van der Waals surface area contributed by atoms with Crippen molar-refractivity contribution < 1.29 is 0 Å². The number of nitrogens with zero attached hydrogens (tertiary/aromatic N) is 5. The summed E-state index contributed by atoms with van der Waals surface area (Å²) in [5, 5.41) is 9.42.